The van der Waals surface area contributed by atoms with Crippen molar-refractivity contribution < 1.29 is 10.0 Å². The van der Waals surface area contributed by atoms with Gasteiger partial charge < -0.3 is 5.11 Å². The van der Waals surface area contributed by atoms with E-state index in [1.165, 1.54) is 24.3 Å². The number of non-ortho nitro benzene ring substituents is 1. The number of aromatic nitrogens is 1. The lowest BCUT2D eigenvalue weighted by atomic mass is 10.2. The van der Waals surface area contributed by atoms with Crippen LogP contribution in [0.1, 0.15) is 0 Å². The Bertz CT molecular complexity index is 516. The highest BCUT2D eigenvalue weighted by Crippen LogP contribution is 2.25. The molecule has 1 aromatic carbocycles. The third kappa shape index (κ3) is 2.06. The van der Waals surface area contributed by atoms with Crippen molar-refractivity contribution >= 4 is 34.0 Å². The van der Waals surface area contributed by atoms with Crippen molar-refractivity contribution in [2.24, 2.45) is 0 Å². The maximum Gasteiger partial charge on any atom is 0.278 e. The SMILES string of the molecule is O=[N+]([O-])c1cccc2nc(O)ccc12.[AlH3]. The van der Waals surface area contributed by atoms with Gasteiger partial charge in [-0.05, 0) is 12.1 Å². The van der Waals surface area contributed by atoms with Crippen molar-refractivity contribution in [2.45, 2.75) is 0 Å². The van der Waals surface area contributed by atoms with Gasteiger partial charge in [0.1, 0.15) is 0 Å². The van der Waals surface area contributed by atoms with Crippen molar-refractivity contribution in [3.05, 3.63) is 40.4 Å². The van der Waals surface area contributed by atoms with E-state index in [0.717, 1.165) is 0 Å². The number of nitro benzene ring substituents is 1. The Kier molecular flexibility index (Phi) is 3.25. The number of benzene rings is 1. The highest BCUT2D eigenvalue weighted by Gasteiger charge is 2.11. The summed E-state index contributed by atoms with van der Waals surface area (Å²) in [4.78, 5) is 13.9. The van der Waals surface area contributed by atoms with Crippen molar-refractivity contribution in [1.29, 1.82) is 0 Å². The van der Waals surface area contributed by atoms with Crippen LogP contribution in [0.3, 0.4) is 0 Å². The molecule has 0 saturated carbocycles. The molecule has 0 amide bonds. The predicted octanol–water partition coefficient (Wildman–Crippen LogP) is 0.665. The second-order valence-electron chi connectivity index (χ2n) is 2.77. The molecule has 1 N–H and O–H groups in total. The lowest BCUT2D eigenvalue weighted by Gasteiger charge is -1.98. The highest BCUT2D eigenvalue weighted by molar-refractivity contribution is 5.88. The Labute approximate surface area is 95.7 Å². The van der Waals surface area contributed by atoms with Gasteiger partial charge in [-0.3, -0.25) is 10.1 Å². The Morgan fingerprint density at radius 1 is 1.27 bits per heavy atom. The first-order valence-corrected chi connectivity index (χ1v) is 3.91. The van der Waals surface area contributed by atoms with E-state index in [2.05, 4.69) is 4.98 Å². The van der Waals surface area contributed by atoms with Crippen LogP contribution in [-0.4, -0.2) is 32.4 Å². The fourth-order valence-corrected chi connectivity index (χ4v) is 1.29. The smallest absolute Gasteiger partial charge is 0.278 e. The molecular weight excluding hydrogens is 211 g/mol. The minimum Gasteiger partial charge on any atom is -0.493 e. The van der Waals surface area contributed by atoms with Crippen LogP contribution in [0.15, 0.2) is 30.3 Å². The summed E-state index contributed by atoms with van der Waals surface area (Å²) in [6.45, 7) is 0. The van der Waals surface area contributed by atoms with Gasteiger partial charge in [0.25, 0.3) is 5.69 Å². The summed E-state index contributed by atoms with van der Waals surface area (Å²) < 4.78 is 0. The molecule has 2 aromatic rings. The van der Waals surface area contributed by atoms with Gasteiger partial charge in [-0.2, -0.15) is 0 Å². The quantitative estimate of drug-likeness (QED) is 0.435. The summed E-state index contributed by atoms with van der Waals surface area (Å²) in [6, 6.07) is 7.36. The third-order valence-electron chi connectivity index (χ3n) is 1.89. The molecule has 0 unspecified atom stereocenters. The lowest BCUT2D eigenvalue weighted by Crippen LogP contribution is -1.90. The van der Waals surface area contributed by atoms with Gasteiger partial charge in [-0.15, -0.1) is 0 Å². The van der Waals surface area contributed by atoms with Gasteiger partial charge in [0.05, 0.1) is 15.8 Å². The van der Waals surface area contributed by atoms with Crippen LogP contribution in [0.25, 0.3) is 10.9 Å². The van der Waals surface area contributed by atoms with Crippen LogP contribution in [0, 0.1) is 10.1 Å². The maximum absolute atomic E-state index is 10.6. The number of hydrogen-bond acceptors (Lipinski definition) is 4. The first-order chi connectivity index (χ1) is 6.68. The zero-order chi connectivity index (χ0) is 10.1. The Hall–Kier alpha value is -1.64. The fraction of sp³-hybridized carbons (Fsp3) is 0. The molecule has 0 aliphatic carbocycles. The van der Waals surface area contributed by atoms with Crippen molar-refractivity contribution in [2.75, 3.05) is 0 Å². The largest absolute Gasteiger partial charge is 0.493 e. The molecule has 1 aromatic heterocycles. The first-order valence-electron chi connectivity index (χ1n) is 3.91. The average Bonchev–Trinajstić information content (AvgIpc) is 2.16. The van der Waals surface area contributed by atoms with Crippen LogP contribution in [0.5, 0.6) is 5.88 Å². The molecule has 0 radical (unpaired) electrons. The monoisotopic (exact) mass is 220 g/mol. The van der Waals surface area contributed by atoms with Crippen LogP contribution < -0.4 is 0 Å². The lowest BCUT2D eigenvalue weighted by molar-refractivity contribution is -0.383. The highest BCUT2D eigenvalue weighted by atomic mass is 27.0. The van der Waals surface area contributed by atoms with E-state index in [4.69, 9.17) is 5.11 Å². The van der Waals surface area contributed by atoms with Crippen molar-refractivity contribution in [1.82, 2.24) is 4.98 Å². The number of rotatable bonds is 1. The molecule has 0 bridgehead atoms. The molecule has 1 heterocycles. The molecule has 15 heavy (non-hydrogen) atoms. The molecule has 5 nitrogen and oxygen atoms in total. The normalized spacial score (nSPS) is 9.60. The van der Waals surface area contributed by atoms with Crippen LogP contribution in [-0.2, 0) is 0 Å². The van der Waals surface area contributed by atoms with E-state index in [0.29, 0.717) is 10.9 Å². The van der Waals surface area contributed by atoms with Crippen LogP contribution in [0.4, 0.5) is 5.69 Å². The zero-order valence-electron chi connectivity index (χ0n) is 7.04. The number of hydrogen-bond donors (Lipinski definition) is 1. The summed E-state index contributed by atoms with van der Waals surface area (Å²) in [7, 11) is 0. The zero-order valence-corrected chi connectivity index (χ0v) is 7.04. The second-order valence-corrected chi connectivity index (χ2v) is 2.77. The Balaban J connectivity index is 0.00000112. The van der Waals surface area contributed by atoms with Gasteiger partial charge in [0.2, 0.25) is 5.88 Å². The molecule has 0 spiro atoms. The van der Waals surface area contributed by atoms with Crippen molar-refractivity contribution in [3.8, 4) is 5.88 Å². The van der Waals surface area contributed by atoms with Crippen LogP contribution in [0.2, 0.25) is 0 Å². The van der Waals surface area contributed by atoms with Gasteiger partial charge >= 0.3 is 0 Å². The minimum absolute atomic E-state index is 0. The van der Waals surface area contributed by atoms with E-state index in [9.17, 15) is 10.1 Å². The maximum atomic E-state index is 10.6. The fourth-order valence-electron chi connectivity index (χ4n) is 1.29. The molecule has 0 atom stereocenters. The van der Waals surface area contributed by atoms with E-state index in [1.807, 2.05) is 0 Å². The summed E-state index contributed by atoms with van der Waals surface area (Å²) in [5.41, 5.74) is 0.411. The van der Waals surface area contributed by atoms with E-state index in [1.54, 1.807) is 6.07 Å². The number of pyridine rings is 1. The molecule has 6 heteroatoms. The van der Waals surface area contributed by atoms with E-state index in [-0.39, 0.29) is 28.9 Å². The minimum atomic E-state index is -0.471. The summed E-state index contributed by atoms with van der Waals surface area (Å²) in [6.07, 6.45) is 0. The Morgan fingerprint density at radius 3 is 2.67 bits per heavy atom. The molecule has 2 rings (SSSR count). The van der Waals surface area contributed by atoms with Gasteiger partial charge in [0, 0.05) is 12.1 Å². The molecular formula is C9H9AlN2O3. The Morgan fingerprint density at radius 2 is 2.00 bits per heavy atom. The summed E-state index contributed by atoms with van der Waals surface area (Å²) >= 11 is 0. The number of nitro groups is 1. The summed E-state index contributed by atoms with van der Waals surface area (Å²) in [5, 5.41) is 20.1. The first kappa shape index (κ1) is 11.4. The van der Waals surface area contributed by atoms with Gasteiger partial charge in [0.15, 0.2) is 17.4 Å². The number of nitrogens with zero attached hydrogens (tertiary/aromatic N) is 2. The molecule has 0 aliphatic heterocycles. The topological polar surface area (TPSA) is 76.3 Å². The second kappa shape index (κ2) is 4.26. The molecule has 0 fully saturated rings. The summed E-state index contributed by atoms with van der Waals surface area (Å²) in [5.74, 6) is -0.141. The molecule has 0 aliphatic rings. The van der Waals surface area contributed by atoms with Crippen LogP contribution >= 0.6 is 0 Å². The van der Waals surface area contributed by atoms with Crippen molar-refractivity contribution in [3.63, 3.8) is 0 Å². The van der Waals surface area contributed by atoms with Gasteiger partial charge in [-0.1, -0.05) is 6.07 Å². The standard InChI is InChI=1S/C9H6N2O3.Al.3H/c12-9-5-4-6-7(10-9)2-1-3-8(6)11(13)14;;;;/h1-5H,(H,10,12);;;;. The average molecular weight is 220 g/mol. The predicted molar refractivity (Wildman–Crippen MR) is 60.0 cm³/mol. The van der Waals surface area contributed by atoms with E-state index < -0.39 is 4.92 Å². The molecule has 0 saturated heterocycles. The number of fused-ring (bicyclic) bond motifs is 1. The van der Waals surface area contributed by atoms with E-state index >= 15 is 0 Å². The molecule has 76 valence electrons. The van der Waals surface area contributed by atoms with Gasteiger partial charge in [-0.25, -0.2) is 4.98 Å². The number of aromatic hydroxyl groups is 1. The third-order valence-corrected chi connectivity index (χ3v) is 1.89.